The summed E-state index contributed by atoms with van der Waals surface area (Å²) in [6.45, 7) is 3.76. The van der Waals surface area contributed by atoms with Gasteiger partial charge in [0.15, 0.2) is 11.5 Å². The van der Waals surface area contributed by atoms with Crippen LogP contribution in [0.1, 0.15) is 0 Å². The fourth-order valence-corrected chi connectivity index (χ4v) is 3.33. The van der Waals surface area contributed by atoms with Crippen molar-refractivity contribution in [2.24, 2.45) is 0 Å². The normalized spacial score (nSPS) is 16.4. The first-order valence-corrected chi connectivity index (χ1v) is 9.35. The van der Waals surface area contributed by atoms with E-state index in [-0.39, 0.29) is 0 Å². The predicted molar refractivity (Wildman–Crippen MR) is 96.8 cm³/mol. The van der Waals surface area contributed by atoms with Crippen LogP contribution >= 0.6 is 11.8 Å². The molecule has 0 spiro atoms. The number of thioether (sulfide) groups is 1. The molecule has 3 rings (SSSR count). The van der Waals surface area contributed by atoms with Gasteiger partial charge >= 0.3 is 0 Å². The van der Waals surface area contributed by atoms with Gasteiger partial charge in [0.1, 0.15) is 0 Å². The molecule has 1 aliphatic heterocycles. The van der Waals surface area contributed by atoms with Crippen LogP contribution in [0.25, 0.3) is 11.5 Å². The summed E-state index contributed by atoms with van der Waals surface area (Å²) in [5.41, 5.74) is 0.746. The Morgan fingerprint density at radius 3 is 2.69 bits per heavy atom. The standard InChI is InChI=1S/C17H23N3O5S/c1-22-14-4-3-12(9-15(14)23-2)16-18-19-17(25-16)26-11-13(21)10-20-5-7-24-8-6-20/h3-4,9,13,21H,5-8,10-11H2,1-2H3/t13-/m0/s1. The van der Waals surface area contributed by atoms with Gasteiger partial charge in [-0.3, -0.25) is 4.90 Å². The number of aliphatic hydroxyl groups is 1. The largest absolute Gasteiger partial charge is 0.493 e. The van der Waals surface area contributed by atoms with E-state index in [0.717, 1.165) is 31.9 Å². The smallest absolute Gasteiger partial charge is 0.276 e. The van der Waals surface area contributed by atoms with Crippen molar-refractivity contribution in [1.82, 2.24) is 15.1 Å². The van der Waals surface area contributed by atoms with Crippen LogP contribution in [0, 0.1) is 0 Å². The second kappa shape index (κ2) is 9.22. The molecule has 0 bridgehead atoms. The Balaban J connectivity index is 1.56. The molecule has 1 aromatic heterocycles. The average Bonchev–Trinajstić information content (AvgIpc) is 3.15. The molecule has 1 atom stereocenters. The molecule has 0 saturated carbocycles. The zero-order chi connectivity index (χ0) is 18.4. The lowest BCUT2D eigenvalue weighted by Gasteiger charge is -2.28. The van der Waals surface area contributed by atoms with Crippen molar-refractivity contribution in [3.8, 4) is 23.0 Å². The zero-order valence-corrected chi connectivity index (χ0v) is 15.7. The molecular weight excluding hydrogens is 358 g/mol. The third-order valence-corrected chi connectivity index (χ3v) is 4.97. The first kappa shape index (κ1) is 19.0. The summed E-state index contributed by atoms with van der Waals surface area (Å²) >= 11 is 1.35. The SMILES string of the molecule is COc1ccc(-c2nnc(SC[C@@H](O)CN3CCOCC3)o2)cc1OC. The molecule has 0 radical (unpaired) electrons. The van der Waals surface area contributed by atoms with Crippen molar-refractivity contribution in [2.75, 3.05) is 52.8 Å². The minimum atomic E-state index is -0.463. The zero-order valence-electron chi connectivity index (χ0n) is 14.9. The third-order valence-electron chi connectivity index (χ3n) is 4.01. The number of rotatable bonds is 8. The number of aromatic nitrogens is 2. The van der Waals surface area contributed by atoms with Crippen molar-refractivity contribution in [1.29, 1.82) is 0 Å². The van der Waals surface area contributed by atoms with Crippen molar-refractivity contribution in [3.05, 3.63) is 18.2 Å². The van der Waals surface area contributed by atoms with Crippen LogP contribution in [0.4, 0.5) is 0 Å². The van der Waals surface area contributed by atoms with Gasteiger partial charge in [0.2, 0.25) is 5.89 Å². The number of methoxy groups -OCH3 is 2. The van der Waals surface area contributed by atoms with E-state index < -0.39 is 6.10 Å². The van der Waals surface area contributed by atoms with Gasteiger partial charge in [0.05, 0.1) is 33.5 Å². The second-order valence-corrected chi connectivity index (χ2v) is 6.79. The first-order valence-electron chi connectivity index (χ1n) is 8.36. The molecule has 0 amide bonds. The molecule has 1 N–H and O–H groups in total. The van der Waals surface area contributed by atoms with Crippen LogP contribution in [-0.2, 0) is 4.74 Å². The average molecular weight is 381 g/mol. The van der Waals surface area contributed by atoms with Crippen LogP contribution in [-0.4, -0.2) is 79.1 Å². The molecule has 2 heterocycles. The number of aliphatic hydroxyl groups excluding tert-OH is 1. The Bertz CT molecular complexity index is 705. The summed E-state index contributed by atoms with van der Waals surface area (Å²) in [5.74, 6) is 2.12. The van der Waals surface area contributed by atoms with Gasteiger partial charge in [-0.05, 0) is 18.2 Å². The summed E-state index contributed by atoms with van der Waals surface area (Å²) in [5, 5.41) is 18.7. The highest BCUT2D eigenvalue weighted by Gasteiger charge is 2.17. The van der Waals surface area contributed by atoms with E-state index in [0.29, 0.717) is 34.9 Å². The maximum absolute atomic E-state index is 10.2. The van der Waals surface area contributed by atoms with Crippen molar-refractivity contribution in [3.63, 3.8) is 0 Å². The molecule has 9 heteroatoms. The molecule has 26 heavy (non-hydrogen) atoms. The second-order valence-electron chi connectivity index (χ2n) is 5.82. The van der Waals surface area contributed by atoms with Crippen LogP contribution in [0.3, 0.4) is 0 Å². The Labute approximate surface area is 156 Å². The number of ether oxygens (including phenoxy) is 3. The molecule has 0 unspecified atom stereocenters. The molecule has 1 aliphatic rings. The maximum atomic E-state index is 10.2. The Morgan fingerprint density at radius 1 is 1.19 bits per heavy atom. The van der Waals surface area contributed by atoms with Gasteiger partial charge in [0.25, 0.3) is 5.22 Å². The van der Waals surface area contributed by atoms with Crippen molar-refractivity contribution in [2.45, 2.75) is 11.3 Å². The number of nitrogens with zero attached hydrogens (tertiary/aromatic N) is 3. The van der Waals surface area contributed by atoms with E-state index in [1.165, 1.54) is 11.8 Å². The maximum Gasteiger partial charge on any atom is 0.276 e. The highest BCUT2D eigenvalue weighted by molar-refractivity contribution is 7.99. The molecule has 1 aromatic carbocycles. The summed E-state index contributed by atoms with van der Waals surface area (Å²) in [7, 11) is 3.16. The van der Waals surface area contributed by atoms with Gasteiger partial charge in [-0.1, -0.05) is 11.8 Å². The number of morpholine rings is 1. The molecule has 1 saturated heterocycles. The molecule has 2 aromatic rings. The van der Waals surface area contributed by atoms with Gasteiger partial charge in [-0.25, -0.2) is 0 Å². The van der Waals surface area contributed by atoms with E-state index in [9.17, 15) is 5.11 Å². The van der Waals surface area contributed by atoms with Gasteiger partial charge in [0, 0.05) is 31.0 Å². The van der Waals surface area contributed by atoms with Crippen LogP contribution in [0.15, 0.2) is 27.8 Å². The summed E-state index contributed by atoms with van der Waals surface area (Å²) < 4.78 is 21.5. The Morgan fingerprint density at radius 2 is 1.96 bits per heavy atom. The Hall–Kier alpha value is -1.81. The summed E-state index contributed by atoms with van der Waals surface area (Å²) in [6, 6.07) is 5.40. The lowest BCUT2D eigenvalue weighted by atomic mass is 10.2. The minimum Gasteiger partial charge on any atom is -0.493 e. The lowest BCUT2D eigenvalue weighted by molar-refractivity contribution is 0.0188. The fourth-order valence-electron chi connectivity index (χ4n) is 2.66. The summed E-state index contributed by atoms with van der Waals surface area (Å²) in [6.07, 6.45) is -0.463. The molecular formula is C17H23N3O5S. The van der Waals surface area contributed by atoms with E-state index >= 15 is 0 Å². The van der Waals surface area contributed by atoms with Gasteiger partial charge < -0.3 is 23.7 Å². The molecule has 8 nitrogen and oxygen atoms in total. The third kappa shape index (κ3) is 4.88. The highest BCUT2D eigenvalue weighted by Crippen LogP contribution is 2.32. The van der Waals surface area contributed by atoms with Crippen LogP contribution in [0.2, 0.25) is 0 Å². The monoisotopic (exact) mass is 381 g/mol. The Kier molecular flexibility index (Phi) is 6.73. The van der Waals surface area contributed by atoms with Crippen LogP contribution < -0.4 is 9.47 Å². The van der Waals surface area contributed by atoms with E-state index in [4.69, 9.17) is 18.6 Å². The summed E-state index contributed by atoms with van der Waals surface area (Å²) in [4.78, 5) is 2.19. The molecule has 0 aliphatic carbocycles. The number of benzene rings is 1. The first-order chi connectivity index (χ1) is 12.7. The van der Waals surface area contributed by atoms with Crippen molar-refractivity contribution >= 4 is 11.8 Å². The predicted octanol–water partition coefficient (Wildman–Crippen LogP) is 1.54. The number of hydrogen-bond donors (Lipinski definition) is 1. The fraction of sp³-hybridized carbons (Fsp3) is 0.529. The number of β-amino-alcohol motifs (C(OH)–C–C–N with tert-alkyl or cyclic N) is 1. The lowest BCUT2D eigenvalue weighted by Crippen LogP contribution is -2.41. The van der Waals surface area contributed by atoms with Gasteiger partial charge in [-0.15, -0.1) is 10.2 Å². The van der Waals surface area contributed by atoms with Gasteiger partial charge in [-0.2, -0.15) is 0 Å². The topological polar surface area (TPSA) is 90.1 Å². The van der Waals surface area contributed by atoms with E-state index in [2.05, 4.69) is 15.1 Å². The quantitative estimate of drug-likeness (QED) is 0.684. The molecule has 142 valence electrons. The molecule has 1 fully saturated rings. The van der Waals surface area contributed by atoms with E-state index in [1.807, 2.05) is 6.07 Å². The highest BCUT2D eigenvalue weighted by atomic mass is 32.2. The minimum absolute atomic E-state index is 0.399. The van der Waals surface area contributed by atoms with Crippen molar-refractivity contribution < 1.29 is 23.7 Å². The van der Waals surface area contributed by atoms with E-state index in [1.54, 1.807) is 26.4 Å². The number of hydrogen-bond acceptors (Lipinski definition) is 9. The van der Waals surface area contributed by atoms with Crippen LogP contribution in [0.5, 0.6) is 11.5 Å².